The van der Waals surface area contributed by atoms with Crippen LogP contribution in [0.15, 0.2) is 24.3 Å². The van der Waals surface area contributed by atoms with Crippen LogP contribution in [0.25, 0.3) is 0 Å². The van der Waals surface area contributed by atoms with E-state index >= 15 is 0 Å². The number of alkyl carbamates (subject to hydrolysis) is 1. The highest BCUT2D eigenvalue weighted by Crippen LogP contribution is 2.37. The van der Waals surface area contributed by atoms with Crippen molar-refractivity contribution >= 4 is 11.9 Å². The zero-order chi connectivity index (χ0) is 21.6. The number of allylic oxidation sites excluding steroid dienone is 4. The third kappa shape index (κ3) is 10.1. The molecule has 1 aliphatic rings. The van der Waals surface area contributed by atoms with Gasteiger partial charge in [0.15, 0.2) is 0 Å². The topological polar surface area (TPSA) is 75.6 Å². The fraction of sp³-hybridized carbons (Fsp3) is 0.750. The Kier molecular flexibility index (Phi) is 12.6. The maximum atomic E-state index is 12.4. The molecule has 5 atom stereocenters. The standard InChI is InChI=1S/C24H41NO4/c1-5-6-9-12-18(2)15-16-20-19(3)17-22(26)21(20)13-10-7-8-11-14-23(27)29-24(28)25-4/h7,10,15-16,18-21,23,27H,5-6,8-9,11-14,17H2,1-4H3,(H,25,28)/t18-,19+,20-,21+,23?/m0/s1. The molecule has 0 spiro atoms. The SMILES string of the molecule is CCCCC[C@H](C)C=C[C@H]1[C@H](C)CC(=O)[C@@H]1CC=CCCCC(O)OC(=O)NC. The molecule has 1 fully saturated rings. The van der Waals surface area contributed by atoms with Gasteiger partial charge in [-0.15, -0.1) is 0 Å². The normalized spacial score (nSPS) is 24.3. The first kappa shape index (κ1) is 25.4. The van der Waals surface area contributed by atoms with Crippen molar-refractivity contribution in [3.8, 4) is 0 Å². The van der Waals surface area contributed by atoms with Crippen molar-refractivity contribution in [2.45, 2.75) is 84.8 Å². The van der Waals surface area contributed by atoms with Crippen molar-refractivity contribution in [3.63, 3.8) is 0 Å². The summed E-state index contributed by atoms with van der Waals surface area (Å²) in [7, 11) is 1.46. The van der Waals surface area contributed by atoms with Crippen LogP contribution >= 0.6 is 0 Å². The van der Waals surface area contributed by atoms with Gasteiger partial charge in [0.05, 0.1) is 0 Å². The van der Waals surface area contributed by atoms with Gasteiger partial charge in [-0.2, -0.15) is 0 Å². The van der Waals surface area contributed by atoms with Crippen LogP contribution in [0, 0.1) is 23.7 Å². The zero-order valence-corrected chi connectivity index (χ0v) is 18.7. The monoisotopic (exact) mass is 407 g/mol. The van der Waals surface area contributed by atoms with Crippen LogP contribution in [0.3, 0.4) is 0 Å². The number of amides is 1. The van der Waals surface area contributed by atoms with Crippen molar-refractivity contribution in [2.75, 3.05) is 7.05 Å². The number of carbonyl (C=O) groups excluding carboxylic acids is 2. The lowest BCUT2D eigenvalue weighted by molar-refractivity contribution is -0.121. The molecule has 0 aromatic carbocycles. The second-order valence-electron chi connectivity index (χ2n) is 8.44. The maximum Gasteiger partial charge on any atom is 0.409 e. The van der Waals surface area contributed by atoms with Gasteiger partial charge in [0.2, 0.25) is 6.29 Å². The number of ketones is 1. The van der Waals surface area contributed by atoms with Gasteiger partial charge in [-0.1, -0.05) is 64.3 Å². The summed E-state index contributed by atoms with van der Waals surface area (Å²) in [6.07, 6.45) is 15.5. The average Bonchev–Trinajstić information content (AvgIpc) is 2.95. The Balaban J connectivity index is 2.40. The van der Waals surface area contributed by atoms with Crippen LogP contribution in [0.5, 0.6) is 0 Å². The molecular weight excluding hydrogens is 366 g/mol. The van der Waals surface area contributed by atoms with Crippen LogP contribution in [-0.2, 0) is 9.53 Å². The quantitative estimate of drug-likeness (QED) is 0.244. The number of aliphatic hydroxyl groups is 1. The summed E-state index contributed by atoms with van der Waals surface area (Å²) in [5.74, 6) is 1.79. The lowest BCUT2D eigenvalue weighted by Gasteiger charge is -2.17. The van der Waals surface area contributed by atoms with Gasteiger partial charge in [-0.05, 0) is 43.4 Å². The second-order valence-corrected chi connectivity index (χ2v) is 8.44. The van der Waals surface area contributed by atoms with E-state index in [4.69, 9.17) is 4.74 Å². The number of rotatable bonds is 13. The van der Waals surface area contributed by atoms with E-state index in [9.17, 15) is 14.7 Å². The molecule has 29 heavy (non-hydrogen) atoms. The molecule has 0 heterocycles. The molecule has 0 aromatic rings. The van der Waals surface area contributed by atoms with E-state index in [2.05, 4.69) is 50.4 Å². The Bertz CT molecular complexity index is 543. The average molecular weight is 408 g/mol. The van der Waals surface area contributed by atoms with E-state index in [0.717, 1.165) is 19.3 Å². The summed E-state index contributed by atoms with van der Waals surface area (Å²) >= 11 is 0. The minimum absolute atomic E-state index is 0.0857. The lowest BCUT2D eigenvalue weighted by atomic mass is 9.86. The van der Waals surface area contributed by atoms with Crippen molar-refractivity contribution < 1.29 is 19.4 Å². The van der Waals surface area contributed by atoms with E-state index in [1.165, 1.54) is 32.7 Å². The Morgan fingerprint density at radius 1 is 1.28 bits per heavy atom. The van der Waals surface area contributed by atoms with E-state index in [0.29, 0.717) is 36.4 Å². The summed E-state index contributed by atoms with van der Waals surface area (Å²) in [6.45, 7) is 6.68. The van der Waals surface area contributed by atoms with Crippen LogP contribution in [0.1, 0.15) is 78.6 Å². The largest absolute Gasteiger partial charge is 0.420 e. The van der Waals surface area contributed by atoms with E-state index in [1.807, 2.05) is 0 Å². The molecule has 0 radical (unpaired) electrons. The number of hydrogen-bond donors (Lipinski definition) is 2. The minimum atomic E-state index is -1.07. The van der Waals surface area contributed by atoms with Crippen LogP contribution in [-0.4, -0.2) is 30.3 Å². The third-order valence-electron chi connectivity index (χ3n) is 5.81. The van der Waals surface area contributed by atoms with E-state index in [-0.39, 0.29) is 5.92 Å². The molecule has 2 N–H and O–H groups in total. The van der Waals surface area contributed by atoms with Gasteiger partial charge in [-0.25, -0.2) is 4.79 Å². The molecule has 1 unspecified atom stereocenters. The predicted molar refractivity (Wildman–Crippen MR) is 117 cm³/mol. The van der Waals surface area contributed by atoms with Gasteiger partial charge >= 0.3 is 6.09 Å². The minimum Gasteiger partial charge on any atom is -0.420 e. The first-order chi connectivity index (χ1) is 13.9. The number of hydrogen-bond acceptors (Lipinski definition) is 4. The summed E-state index contributed by atoms with van der Waals surface area (Å²) in [6, 6.07) is 0. The van der Waals surface area contributed by atoms with Gasteiger partial charge in [-0.3, -0.25) is 4.79 Å². The zero-order valence-electron chi connectivity index (χ0n) is 18.7. The number of aliphatic hydroxyl groups excluding tert-OH is 1. The molecule has 0 aromatic heterocycles. The molecule has 5 nitrogen and oxygen atoms in total. The van der Waals surface area contributed by atoms with Crippen molar-refractivity contribution in [1.29, 1.82) is 0 Å². The molecule has 0 aliphatic heterocycles. The van der Waals surface area contributed by atoms with Crippen molar-refractivity contribution in [3.05, 3.63) is 24.3 Å². The third-order valence-corrected chi connectivity index (χ3v) is 5.81. The van der Waals surface area contributed by atoms with Gasteiger partial charge in [0.25, 0.3) is 0 Å². The number of Topliss-reactive ketones (excluding diaryl/α,β-unsaturated/α-hetero) is 1. The van der Waals surface area contributed by atoms with Gasteiger partial charge in [0.1, 0.15) is 5.78 Å². The number of unbranched alkanes of at least 4 members (excludes halogenated alkanes) is 3. The van der Waals surface area contributed by atoms with Crippen molar-refractivity contribution in [1.82, 2.24) is 5.32 Å². The molecule has 5 heteroatoms. The Labute approximate surface area is 177 Å². The number of carbonyl (C=O) groups is 2. The smallest absolute Gasteiger partial charge is 0.409 e. The summed E-state index contributed by atoms with van der Waals surface area (Å²) in [5, 5.41) is 11.9. The fourth-order valence-electron chi connectivity index (χ4n) is 3.97. The molecule has 0 bridgehead atoms. The molecule has 1 aliphatic carbocycles. The summed E-state index contributed by atoms with van der Waals surface area (Å²) < 4.78 is 4.73. The molecule has 166 valence electrons. The summed E-state index contributed by atoms with van der Waals surface area (Å²) in [4.78, 5) is 23.4. The highest BCUT2D eigenvalue weighted by atomic mass is 16.6. The molecule has 0 saturated heterocycles. The van der Waals surface area contributed by atoms with Crippen LogP contribution in [0.2, 0.25) is 0 Å². The first-order valence-electron chi connectivity index (χ1n) is 11.3. The first-order valence-corrected chi connectivity index (χ1v) is 11.3. The maximum absolute atomic E-state index is 12.4. The summed E-state index contributed by atoms with van der Waals surface area (Å²) in [5.41, 5.74) is 0. The van der Waals surface area contributed by atoms with Crippen LogP contribution < -0.4 is 5.32 Å². The van der Waals surface area contributed by atoms with E-state index < -0.39 is 12.4 Å². The predicted octanol–water partition coefficient (Wildman–Crippen LogP) is 5.39. The number of nitrogens with one attached hydrogen (secondary N) is 1. The Hall–Kier alpha value is -1.62. The van der Waals surface area contributed by atoms with E-state index in [1.54, 1.807) is 0 Å². The second kappa shape index (κ2) is 14.4. The Morgan fingerprint density at radius 3 is 2.72 bits per heavy atom. The molecule has 1 saturated carbocycles. The van der Waals surface area contributed by atoms with Crippen LogP contribution in [0.4, 0.5) is 4.79 Å². The number of ether oxygens (including phenoxy) is 1. The van der Waals surface area contributed by atoms with Gasteiger partial charge < -0.3 is 15.2 Å². The molecule has 1 rings (SSSR count). The van der Waals surface area contributed by atoms with Crippen molar-refractivity contribution in [2.24, 2.45) is 23.7 Å². The van der Waals surface area contributed by atoms with Gasteiger partial charge in [0, 0.05) is 25.8 Å². The molecule has 1 amide bonds. The highest BCUT2D eigenvalue weighted by molar-refractivity contribution is 5.84. The lowest BCUT2D eigenvalue weighted by Crippen LogP contribution is -2.25. The molecular formula is C24H41NO4. The fourth-order valence-corrected chi connectivity index (χ4v) is 3.97. The highest BCUT2D eigenvalue weighted by Gasteiger charge is 2.37. The Morgan fingerprint density at radius 2 is 2.03 bits per heavy atom.